The Bertz CT molecular complexity index is 1830. The van der Waals surface area contributed by atoms with E-state index in [2.05, 4.69) is 21.4 Å². The number of nitrogens with one attached hydrogen (secondary N) is 1. The van der Waals surface area contributed by atoms with Crippen molar-refractivity contribution in [2.75, 3.05) is 25.3 Å². The van der Waals surface area contributed by atoms with Crippen LogP contribution in [0.4, 0.5) is 19.0 Å². The molecule has 226 valence electrons. The highest BCUT2D eigenvalue weighted by Gasteiger charge is 2.24. The lowest BCUT2D eigenvalue weighted by molar-refractivity contribution is 0.101. The standard InChI is InChI=1S/C20H16F2N2O2S.C13H14N2OS/c1-26-16-10-3-6-12-11(16)5-2-9-15-18(12)27-20(23-15)24-19(25)17-13(21)7-4-8-14(17)22;1-16-11-7-3-5-9-8(11)4-2-6-10-12(9)17-13(14)15-10/h3-4,6-8,10H,2,5,9H2,1H3,(H,23,24,25);3,5,7H,2,4,6H2,1H3,(H2,14,15). The Morgan fingerprint density at radius 2 is 1.30 bits per heavy atom. The molecule has 1 amide bonds. The smallest absolute Gasteiger partial charge is 0.263 e. The van der Waals surface area contributed by atoms with Crippen LogP contribution in [-0.2, 0) is 25.7 Å². The van der Waals surface area contributed by atoms with Gasteiger partial charge < -0.3 is 15.2 Å². The molecule has 7 rings (SSSR count). The third-order valence-corrected chi connectivity index (χ3v) is 9.70. The minimum absolute atomic E-state index is 0.323. The van der Waals surface area contributed by atoms with E-state index in [0.717, 1.165) is 89.5 Å². The Balaban J connectivity index is 0.000000173. The SMILES string of the molecule is COc1cccc2c1CCCc1nc(N)sc1-2.COc1cccc2c1CCCc1nc(NC(=O)c3c(F)cccc3F)sc1-2. The fourth-order valence-corrected chi connectivity index (χ4v) is 7.72. The average Bonchev–Trinajstić information content (AvgIpc) is 3.48. The molecule has 0 bridgehead atoms. The number of hydrogen-bond acceptors (Lipinski definition) is 8. The number of carbonyl (C=O) groups is 1. The Hall–Kier alpha value is -4.35. The zero-order valence-electron chi connectivity index (χ0n) is 24.2. The van der Waals surface area contributed by atoms with Crippen LogP contribution in [0, 0.1) is 11.6 Å². The van der Waals surface area contributed by atoms with Gasteiger partial charge in [-0.15, -0.1) is 0 Å². The van der Waals surface area contributed by atoms with Gasteiger partial charge in [0.1, 0.15) is 28.7 Å². The number of anilines is 2. The van der Waals surface area contributed by atoms with Gasteiger partial charge in [-0.1, -0.05) is 53.0 Å². The number of fused-ring (bicyclic) bond motifs is 6. The van der Waals surface area contributed by atoms with Crippen LogP contribution in [0.15, 0.2) is 54.6 Å². The van der Waals surface area contributed by atoms with Crippen molar-refractivity contribution in [1.82, 2.24) is 9.97 Å². The normalized spacial score (nSPS) is 13.1. The minimum Gasteiger partial charge on any atom is -0.496 e. The summed E-state index contributed by atoms with van der Waals surface area (Å²) in [6.07, 6.45) is 5.68. The largest absolute Gasteiger partial charge is 0.496 e. The molecule has 44 heavy (non-hydrogen) atoms. The fourth-order valence-electron chi connectivity index (χ4n) is 5.73. The van der Waals surface area contributed by atoms with E-state index >= 15 is 0 Å². The van der Waals surface area contributed by atoms with E-state index < -0.39 is 23.1 Å². The number of methoxy groups -OCH3 is 2. The number of nitrogens with zero attached hydrogens (tertiary/aromatic N) is 2. The van der Waals surface area contributed by atoms with Crippen LogP contribution >= 0.6 is 22.7 Å². The fraction of sp³-hybridized carbons (Fsp3) is 0.242. The van der Waals surface area contributed by atoms with Crippen LogP contribution in [0.1, 0.15) is 45.7 Å². The summed E-state index contributed by atoms with van der Waals surface area (Å²) in [4.78, 5) is 23.4. The lowest BCUT2D eigenvalue weighted by Gasteiger charge is -2.10. The number of nitrogens with two attached hydrogens (primary N) is 1. The molecule has 0 spiro atoms. The highest BCUT2D eigenvalue weighted by molar-refractivity contribution is 7.19. The Morgan fingerprint density at radius 3 is 1.86 bits per heavy atom. The molecule has 3 N–H and O–H groups in total. The van der Waals surface area contributed by atoms with Crippen molar-refractivity contribution in [3.8, 4) is 32.4 Å². The van der Waals surface area contributed by atoms with Crippen LogP contribution in [0.3, 0.4) is 0 Å². The first kappa shape index (κ1) is 29.7. The molecule has 2 aromatic heterocycles. The second-order valence-corrected chi connectivity index (χ2v) is 12.4. The first-order valence-electron chi connectivity index (χ1n) is 14.2. The van der Waals surface area contributed by atoms with Crippen LogP contribution in [0.5, 0.6) is 11.5 Å². The number of aromatic nitrogens is 2. The molecule has 5 aromatic rings. The number of rotatable bonds is 4. The molecule has 2 aliphatic rings. The molecule has 2 aliphatic carbocycles. The van der Waals surface area contributed by atoms with Crippen LogP contribution < -0.4 is 20.5 Å². The van der Waals surface area contributed by atoms with Crippen molar-refractivity contribution < 1.29 is 23.0 Å². The van der Waals surface area contributed by atoms with Gasteiger partial charge in [0, 0.05) is 22.3 Å². The minimum atomic E-state index is -0.902. The van der Waals surface area contributed by atoms with E-state index in [0.29, 0.717) is 10.3 Å². The predicted molar refractivity (Wildman–Crippen MR) is 171 cm³/mol. The van der Waals surface area contributed by atoms with Gasteiger partial charge in [0.05, 0.1) is 35.4 Å². The molecule has 7 nitrogen and oxygen atoms in total. The monoisotopic (exact) mass is 632 g/mol. The maximum Gasteiger partial charge on any atom is 0.263 e. The number of amides is 1. The summed E-state index contributed by atoms with van der Waals surface area (Å²) in [5.74, 6) is -0.850. The van der Waals surface area contributed by atoms with E-state index in [-0.39, 0.29) is 0 Å². The van der Waals surface area contributed by atoms with Crippen molar-refractivity contribution in [3.05, 3.63) is 94.3 Å². The van der Waals surface area contributed by atoms with Crippen molar-refractivity contribution in [1.29, 1.82) is 0 Å². The third-order valence-electron chi connectivity index (χ3n) is 7.70. The summed E-state index contributed by atoms with van der Waals surface area (Å²) < 4.78 is 38.6. The van der Waals surface area contributed by atoms with E-state index in [1.54, 1.807) is 25.6 Å². The summed E-state index contributed by atoms with van der Waals surface area (Å²) in [5.41, 5.74) is 11.9. The maximum atomic E-state index is 13.8. The van der Waals surface area contributed by atoms with Crippen molar-refractivity contribution in [2.24, 2.45) is 0 Å². The average molecular weight is 633 g/mol. The molecule has 0 fully saturated rings. The molecule has 0 saturated heterocycles. The Labute approximate surface area is 261 Å². The van der Waals surface area contributed by atoms with Gasteiger partial charge in [-0.2, -0.15) is 0 Å². The molecule has 11 heteroatoms. The maximum absolute atomic E-state index is 13.8. The Kier molecular flexibility index (Phi) is 8.58. The quantitative estimate of drug-likeness (QED) is 0.210. The van der Waals surface area contributed by atoms with Crippen LogP contribution in [0.25, 0.3) is 20.9 Å². The second kappa shape index (κ2) is 12.7. The van der Waals surface area contributed by atoms with E-state index in [9.17, 15) is 13.6 Å². The molecular formula is C33H30F2N4O3S2. The predicted octanol–water partition coefficient (Wildman–Crippen LogP) is 7.73. The molecule has 0 atom stereocenters. The zero-order chi connectivity index (χ0) is 30.8. The highest BCUT2D eigenvalue weighted by atomic mass is 32.1. The van der Waals surface area contributed by atoms with E-state index in [1.165, 1.54) is 33.4 Å². The van der Waals surface area contributed by atoms with Crippen LogP contribution in [0.2, 0.25) is 0 Å². The number of halogens is 2. The molecule has 0 unspecified atom stereocenters. The third kappa shape index (κ3) is 5.77. The van der Waals surface area contributed by atoms with Crippen LogP contribution in [-0.4, -0.2) is 30.1 Å². The summed E-state index contributed by atoms with van der Waals surface area (Å²) in [6, 6.07) is 15.4. The van der Waals surface area contributed by atoms with Gasteiger partial charge in [0.2, 0.25) is 0 Å². The summed E-state index contributed by atoms with van der Waals surface area (Å²) in [6.45, 7) is 0. The number of aryl methyl sites for hydroxylation is 2. The van der Waals surface area contributed by atoms with E-state index in [4.69, 9.17) is 15.2 Å². The second-order valence-electron chi connectivity index (χ2n) is 10.4. The lowest BCUT2D eigenvalue weighted by Crippen LogP contribution is -2.15. The number of carbonyl (C=O) groups excluding carboxylic acids is 1. The number of ether oxygens (including phenoxy) is 2. The summed E-state index contributed by atoms with van der Waals surface area (Å²) in [5, 5.41) is 3.51. The number of thiazole rings is 2. The highest BCUT2D eigenvalue weighted by Crippen LogP contribution is 2.42. The van der Waals surface area contributed by atoms with Crippen molar-refractivity contribution in [2.45, 2.75) is 38.5 Å². The number of benzene rings is 3. The molecule has 3 aromatic carbocycles. The summed E-state index contributed by atoms with van der Waals surface area (Å²) in [7, 11) is 3.37. The van der Waals surface area contributed by atoms with Crippen molar-refractivity contribution >= 4 is 38.8 Å². The van der Waals surface area contributed by atoms with Gasteiger partial charge in [-0.25, -0.2) is 18.7 Å². The number of hydrogen-bond donors (Lipinski definition) is 2. The molecular weight excluding hydrogens is 603 g/mol. The molecule has 0 aliphatic heterocycles. The number of nitrogen functional groups attached to an aromatic ring is 1. The zero-order valence-corrected chi connectivity index (χ0v) is 25.8. The Morgan fingerprint density at radius 1 is 0.773 bits per heavy atom. The van der Waals surface area contributed by atoms with Crippen molar-refractivity contribution in [3.63, 3.8) is 0 Å². The first-order chi connectivity index (χ1) is 21.4. The van der Waals surface area contributed by atoms with Gasteiger partial charge in [0.15, 0.2) is 10.3 Å². The summed E-state index contributed by atoms with van der Waals surface area (Å²) >= 11 is 2.88. The van der Waals surface area contributed by atoms with Gasteiger partial charge in [0.25, 0.3) is 5.91 Å². The van der Waals surface area contributed by atoms with Gasteiger partial charge in [-0.3, -0.25) is 10.1 Å². The first-order valence-corrected chi connectivity index (χ1v) is 15.8. The van der Waals surface area contributed by atoms with E-state index in [1.807, 2.05) is 30.3 Å². The molecule has 2 heterocycles. The molecule has 0 radical (unpaired) electrons. The van der Waals surface area contributed by atoms with Gasteiger partial charge in [-0.05, 0) is 62.8 Å². The van der Waals surface area contributed by atoms with Gasteiger partial charge >= 0.3 is 0 Å². The topological polar surface area (TPSA) is 99.4 Å². The lowest BCUT2D eigenvalue weighted by atomic mass is 10.0. The molecule has 0 saturated carbocycles.